The van der Waals surface area contributed by atoms with E-state index in [-0.39, 0.29) is 24.4 Å². The second-order valence-electron chi connectivity index (χ2n) is 4.62. The van der Waals surface area contributed by atoms with Crippen LogP contribution in [0.1, 0.15) is 37.3 Å². The Bertz CT molecular complexity index is 453. The molecule has 0 aliphatic carbocycles. The molecule has 2 rings (SSSR count). The maximum absolute atomic E-state index is 13.3. The maximum atomic E-state index is 13.3. The molecule has 1 aromatic carbocycles. The number of hydrogen-bond donors (Lipinski definition) is 2. The number of fused-ring (bicyclic) bond motifs is 1. The molecule has 1 aliphatic rings. The first-order valence-corrected chi connectivity index (χ1v) is 7.51. The average Bonchev–Trinajstić information content (AvgIpc) is 2.40. The minimum atomic E-state index is -0.263. The van der Waals surface area contributed by atoms with Gasteiger partial charge in [0.15, 0.2) is 0 Å². The Balaban J connectivity index is 1.99. The zero-order valence-electron chi connectivity index (χ0n) is 10.7. The van der Waals surface area contributed by atoms with Crippen LogP contribution in [-0.2, 0) is 4.79 Å². The molecule has 19 heavy (non-hydrogen) atoms. The predicted octanol–water partition coefficient (Wildman–Crippen LogP) is 2.64. The van der Waals surface area contributed by atoms with Crippen molar-refractivity contribution in [3.63, 3.8) is 0 Å². The van der Waals surface area contributed by atoms with Gasteiger partial charge in [-0.3, -0.25) is 4.79 Å². The number of rotatable bonds is 5. The highest BCUT2D eigenvalue weighted by Gasteiger charge is 2.22. The number of halogens is 1. The third kappa shape index (κ3) is 3.94. The van der Waals surface area contributed by atoms with E-state index in [0.29, 0.717) is 19.3 Å². The number of nitrogens with one attached hydrogen (secondary N) is 1. The lowest BCUT2D eigenvalue weighted by Gasteiger charge is -2.26. The van der Waals surface area contributed by atoms with Crippen molar-refractivity contribution in [1.29, 1.82) is 0 Å². The lowest BCUT2D eigenvalue weighted by molar-refractivity contribution is -0.122. The number of carbonyl (C=O) groups is 1. The number of aliphatic hydroxyl groups is 1. The Morgan fingerprint density at radius 3 is 3.11 bits per heavy atom. The SMILES string of the molecule is O=C(CCCCO)NC1CCSc2ccc(F)cc21. The maximum Gasteiger partial charge on any atom is 0.220 e. The van der Waals surface area contributed by atoms with E-state index < -0.39 is 0 Å². The summed E-state index contributed by atoms with van der Waals surface area (Å²) in [5.41, 5.74) is 0.881. The van der Waals surface area contributed by atoms with Gasteiger partial charge in [0, 0.05) is 23.7 Å². The van der Waals surface area contributed by atoms with Crippen LogP contribution < -0.4 is 5.32 Å². The molecule has 104 valence electrons. The Kier molecular flexibility index (Phi) is 5.22. The highest BCUT2D eigenvalue weighted by Crippen LogP contribution is 2.36. The van der Waals surface area contributed by atoms with Crippen LogP contribution in [-0.4, -0.2) is 23.4 Å². The molecular formula is C14H18FNO2S. The van der Waals surface area contributed by atoms with E-state index in [9.17, 15) is 9.18 Å². The molecule has 0 saturated carbocycles. The second kappa shape index (κ2) is 6.91. The molecule has 2 N–H and O–H groups in total. The van der Waals surface area contributed by atoms with E-state index >= 15 is 0 Å². The summed E-state index contributed by atoms with van der Waals surface area (Å²) in [7, 11) is 0. The Labute approximate surface area is 116 Å². The van der Waals surface area contributed by atoms with Crippen LogP contribution in [0.3, 0.4) is 0 Å². The fourth-order valence-electron chi connectivity index (χ4n) is 2.18. The summed E-state index contributed by atoms with van der Waals surface area (Å²) in [5.74, 6) is 0.640. The molecule has 5 heteroatoms. The average molecular weight is 283 g/mol. The van der Waals surface area contributed by atoms with Gasteiger partial charge in [0.05, 0.1) is 6.04 Å². The summed E-state index contributed by atoms with van der Waals surface area (Å²) in [6.45, 7) is 0.112. The first-order chi connectivity index (χ1) is 9.20. The Morgan fingerprint density at radius 1 is 1.47 bits per heavy atom. The summed E-state index contributed by atoms with van der Waals surface area (Å²) in [6, 6.07) is 4.66. The quantitative estimate of drug-likeness (QED) is 0.817. The van der Waals surface area contributed by atoms with Gasteiger partial charge in [0.1, 0.15) is 5.82 Å². The van der Waals surface area contributed by atoms with Gasteiger partial charge in [-0.25, -0.2) is 4.39 Å². The monoisotopic (exact) mass is 283 g/mol. The number of thioether (sulfide) groups is 1. The van der Waals surface area contributed by atoms with Gasteiger partial charge in [0.2, 0.25) is 5.91 Å². The van der Waals surface area contributed by atoms with Crippen LogP contribution in [0.15, 0.2) is 23.1 Å². The molecule has 1 heterocycles. The van der Waals surface area contributed by atoms with Gasteiger partial charge in [-0.1, -0.05) is 0 Å². The van der Waals surface area contributed by atoms with E-state index in [1.54, 1.807) is 17.8 Å². The van der Waals surface area contributed by atoms with Crippen molar-refractivity contribution in [3.8, 4) is 0 Å². The van der Waals surface area contributed by atoms with Gasteiger partial charge in [-0.15, -0.1) is 11.8 Å². The van der Waals surface area contributed by atoms with Crippen molar-refractivity contribution in [2.75, 3.05) is 12.4 Å². The molecule has 1 aromatic rings. The smallest absolute Gasteiger partial charge is 0.220 e. The summed E-state index contributed by atoms with van der Waals surface area (Å²) >= 11 is 1.70. The molecule has 3 nitrogen and oxygen atoms in total. The zero-order valence-corrected chi connectivity index (χ0v) is 11.5. The third-order valence-electron chi connectivity index (χ3n) is 3.16. The molecule has 1 amide bonds. The van der Waals surface area contributed by atoms with Gasteiger partial charge in [-0.2, -0.15) is 0 Å². The van der Waals surface area contributed by atoms with Crippen LogP contribution in [0.5, 0.6) is 0 Å². The molecule has 0 saturated heterocycles. The molecule has 0 spiro atoms. The molecule has 0 bridgehead atoms. The van der Waals surface area contributed by atoms with E-state index in [2.05, 4.69) is 5.32 Å². The van der Waals surface area contributed by atoms with Crippen molar-refractivity contribution in [2.24, 2.45) is 0 Å². The summed E-state index contributed by atoms with van der Waals surface area (Å²) in [4.78, 5) is 12.8. The van der Waals surface area contributed by atoms with Crippen molar-refractivity contribution in [3.05, 3.63) is 29.6 Å². The lowest BCUT2D eigenvalue weighted by atomic mass is 10.0. The normalized spacial score (nSPS) is 17.9. The zero-order chi connectivity index (χ0) is 13.7. The fourth-order valence-corrected chi connectivity index (χ4v) is 3.28. The summed E-state index contributed by atoms with van der Waals surface area (Å²) in [5, 5.41) is 11.6. The lowest BCUT2D eigenvalue weighted by Crippen LogP contribution is -2.30. The Hall–Kier alpha value is -1.07. The highest BCUT2D eigenvalue weighted by atomic mass is 32.2. The summed E-state index contributed by atoms with van der Waals surface area (Å²) < 4.78 is 13.3. The largest absolute Gasteiger partial charge is 0.396 e. The van der Waals surface area contributed by atoms with Crippen LogP contribution in [0.2, 0.25) is 0 Å². The van der Waals surface area contributed by atoms with Gasteiger partial charge in [0.25, 0.3) is 0 Å². The molecule has 1 atom stereocenters. The van der Waals surface area contributed by atoms with E-state index in [4.69, 9.17) is 5.11 Å². The summed E-state index contributed by atoms with van der Waals surface area (Å²) in [6.07, 6.45) is 2.56. The van der Waals surface area contributed by atoms with Crippen molar-refractivity contribution in [2.45, 2.75) is 36.6 Å². The first kappa shape index (κ1) is 14.3. The van der Waals surface area contributed by atoms with Crippen LogP contribution >= 0.6 is 11.8 Å². The number of amides is 1. The van der Waals surface area contributed by atoms with E-state index in [1.165, 1.54) is 12.1 Å². The van der Waals surface area contributed by atoms with Crippen molar-refractivity contribution < 1.29 is 14.3 Å². The number of carbonyl (C=O) groups excluding carboxylic acids is 1. The molecule has 1 aliphatic heterocycles. The second-order valence-corrected chi connectivity index (χ2v) is 5.76. The van der Waals surface area contributed by atoms with Crippen molar-refractivity contribution >= 4 is 17.7 Å². The number of benzene rings is 1. The number of unbranched alkanes of at least 4 members (excludes halogenated alkanes) is 1. The van der Waals surface area contributed by atoms with Gasteiger partial charge >= 0.3 is 0 Å². The molecule has 1 unspecified atom stereocenters. The van der Waals surface area contributed by atoms with Gasteiger partial charge in [-0.05, 0) is 43.0 Å². The van der Waals surface area contributed by atoms with Crippen LogP contribution in [0, 0.1) is 5.82 Å². The molecule has 0 radical (unpaired) electrons. The third-order valence-corrected chi connectivity index (χ3v) is 4.28. The molecule has 0 fully saturated rings. The first-order valence-electron chi connectivity index (χ1n) is 6.53. The van der Waals surface area contributed by atoms with E-state index in [1.807, 2.05) is 0 Å². The van der Waals surface area contributed by atoms with Crippen LogP contribution in [0.4, 0.5) is 4.39 Å². The Morgan fingerprint density at radius 2 is 2.32 bits per heavy atom. The minimum absolute atomic E-state index is 0.0273. The predicted molar refractivity (Wildman–Crippen MR) is 73.6 cm³/mol. The van der Waals surface area contributed by atoms with Crippen LogP contribution in [0.25, 0.3) is 0 Å². The van der Waals surface area contributed by atoms with E-state index in [0.717, 1.165) is 22.6 Å². The molecule has 0 aromatic heterocycles. The highest BCUT2D eigenvalue weighted by molar-refractivity contribution is 7.99. The van der Waals surface area contributed by atoms with Crippen molar-refractivity contribution in [1.82, 2.24) is 5.32 Å². The minimum Gasteiger partial charge on any atom is -0.396 e. The fraction of sp³-hybridized carbons (Fsp3) is 0.500. The number of aliphatic hydroxyl groups excluding tert-OH is 1. The topological polar surface area (TPSA) is 49.3 Å². The standard InChI is InChI=1S/C14H18FNO2S/c15-10-4-5-13-11(9-10)12(6-8-19-13)16-14(18)3-1-2-7-17/h4-5,9,12,17H,1-3,6-8H2,(H,16,18). The van der Waals surface area contributed by atoms with Gasteiger partial charge < -0.3 is 10.4 Å². The molecular weight excluding hydrogens is 265 g/mol. The number of hydrogen-bond acceptors (Lipinski definition) is 3.